The molecule has 0 bridgehead atoms. The molecule has 0 saturated carbocycles. The van der Waals surface area contributed by atoms with Crippen LogP contribution in [0, 0.1) is 0 Å². The first-order chi connectivity index (χ1) is 15.3. The van der Waals surface area contributed by atoms with E-state index in [1.807, 2.05) is 0 Å². The van der Waals surface area contributed by atoms with Gasteiger partial charge < -0.3 is 14.9 Å². The van der Waals surface area contributed by atoms with Gasteiger partial charge in [0.05, 0.1) is 35.0 Å². The van der Waals surface area contributed by atoms with E-state index in [2.05, 4.69) is 4.98 Å². The van der Waals surface area contributed by atoms with Crippen LogP contribution in [-0.4, -0.2) is 34.0 Å². The van der Waals surface area contributed by atoms with Gasteiger partial charge in [-0.15, -0.1) is 0 Å². The summed E-state index contributed by atoms with van der Waals surface area (Å²) in [6, 6.07) is 11.1. The molecule has 0 aliphatic carbocycles. The van der Waals surface area contributed by atoms with Crippen LogP contribution < -0.4 is 9.64 Å². The lowest BCUT2D eigenvalue weighted by Gasteiger charge is -2.26. The number of methoxy groups -OCH3 is 1. The Morgan fingerprint density at radius 1 is 1.09 bits per heavy atom. The van der Waals surface area contributed by atoms with Gasteiger partial charge in [0.1, 0.15) is 17.3 Å². The molecule has 2 heterocycles. The minimum absolute atomic E-state index is 0.0549. The largest absolute Gasteiger partial charge is 0.507 e. The summed E-state index contributed by atoms with van der Waals surface area (Å²) in [5.41, 5.74) is 0.461. The third-order valence-electron chi connectivity index (χ3n) is 5.08. The van der Waals surface area contributed by atoms with Crippen LogP contribution in [0.25, 0.3) is 5.76 Å². The van der Waals surface area contributed by atoms with Gasteiger partial charge in [0.15, 0.2) is 0 Å². The fraction of sp³-hybridized carbons (Fsp3) is 0.0870. The van der Waals surface area contributed by atoms with E-state index in [0.29, 0.717) is 5.56 Å². The number of rotatable bonds is 4. The summed E-state index contributed by atoms with van der Waals surface area (Å²) in [6.07, 6.45) is 2.99. The molecule has 0 spiro atoms. The Hall–Kier alpha value is -3.55. The van der Waals surface area contributed by atoms with Crippen LogP contribution in [0.5, 0.6) is 11.5 Å². The number of aromatic nitrogens is 1. The fourth-order valence-corrected chi connectivity index (χ4v) is 4.27. The van der Waals surface area contributed by atoms with E-state index in [1.54, 1.807) is 24.3 Å². The summed E-state index contributed by atoms with van der Waals surface area (Å²) in [7, 11) is 1.35. The number of nitrogens with zero attached hydrogens (tertiary/aromatic N) is 2. The molecule has 4 rings (SSSR count). The molecule has 0 radical (unpaired) electrons. The lowest BCUT2D eigenvalue weighted by molar-refractivity contribution is -0.132. The second kappa shape index (κ2) is 8.53. The standard InChI is InChI=1S/C23H16Cl2N2O5/c1-32-22-14(10-13(24)11-15(22)25)20(29)18-19(12-6-8-26-9-7-12)27(23(31)21(18)30)16-4-2-3-5-17(16)28/h2-11,19,28-29H,1H3/b20-18+. The minimum atomic E-state index is -1.05. The third-order valence-corrected chi connectivity index (χ3v) is 5.57. The van der Waals surface area contributed by atoms with E-state index in [1.165, 1.54) is 43.8 Å². The van der Waals surface area contributed by atoms with Gasteiger partial charge in [0.25, 0.3) is 11.7 Å². The molecular weight excluding hydrogens is 455 g/mol. The zero-order valence-electron chi connectivity index (χ0n) is 16.6. The maximum atomic E-state index is 13.2. The van der Waals surface area contributed by atoms with Crippen molar-refractivity contribution in [1.29, 1.82) is 0 Å². The number of benzene rings is 2. The van der Waals surface area contributed by atoms with E-state index in [9.17, 15) is 19.8 Å². The molecule has 1 amide bonds. The molecule has 2 aromatic carbocycles. The number of aliphatic hydroxyl groups is 1. The number of carbonyl (C=O) groups is 2. The van der Waals surface area contributed by atoms with Crippen LogP contribution in [-0.2, 0) is 9.59 Å². The number of halogens is 2. The molecule has 7 nitrogen and oxygen atoms in total. The van der Waals surface area contributed by atoms with Gasteiger partial charge >= 0.3 is 0 Å². The molecule has 1 aliphatic heterocycles. The highest BCUT2D eigenvalue weighted by molar-refractivity contribution is 6.52. The number of ether oxygens (including phenoxy) is 1. The number of phenolic OH excluding ortho intramolecular Hbond substituents is 1. The molecule has 1 fully saturated rings. The molecule has 162 valence electrons. The van der Waals surface area contributed by atoms with Crippen LogP contribution in [0.1, 0.15) is 17.2 Å². The Labute approximate surface area is 193 Å². The summed E-state index contributed by atoms with van der Waals surface area (Å²) < 4.78 is 5.30. The van der Waals surface area contributed by atoms with Crippen molar-refractivity contribution in [1.82, 2.24) is 4.98 Å². The first-order valence-corrected chi connectivity index (χ1v) is 10.1. The normalized spacial score (nSPS) is 17.6. The number of amides is 1. The number of para-hydroxylation sites is 2. The van der Waals surface area contributed by atoms with E-state index in [0.717, 1.165) is 4.90 Å². The average Bonchev–Trinajstić information content (AvgIpc) is 3.04. The molecular formula is C23H16Cl2N2O5. The van der Waals surface area contributed by atoms with Crippen molar-refractivity contribution in [2.45, 2.75) is 6.04 Å². The molecule has 2 N–H and O–H groups in total. The monoisotopic (exact) mass is 470 g/mol. The van der Waals surface area contributed by atoms with E-state index in [4.69, 9.17) is 27.9 Å². The summed E-state index contributed by atoms with van der Waals surface area (Å²) >= 11 is 12.3. The number of hydrogen-bond acceptors (Lipinski definition) is 6. The molecule has 1 aromatic heterocycles. The van der Waals surface area contributed by atoms with Gasteiger partial charge in [0.2, 0.25) is 0 Å². The SMILES string of the molecule is COc1c(Cl)cc(Cl)cc1/C(O)=C1\C(=O)C(=O)N(c2ccccc2O)C1c1ccncc1. The Morgan fingerprint density at radius 3 is 2.44 bits per heavy atom. The Kier molecular flexibility index (Phi) is 5.78. The fourth-order valence-electron chi connectivity index (χ4n) is 3.70. The zero-order valence-corrected chi connectivity index (χ0v) is 18.1. The molecule has 1 atom stereocenters. The first kappa shape index (κ1) is 21.7. The van der Waals surface area contributed by atoms with Gasteiger partial charge in [-0.2, -0.15) is 0 Å². The highest BCUT2D eigenvalue weighted by Crippen LogP contribution is 2.46. The number of anilines is 1. The van der Waals surface area contributed by atoms with Crippen LogP contribution >= 0.6 is 23.2 Å². The first-order valence-electron chi connectivity index (χ1n) is 9.37. The highest BCUT2D eigenvalue weighted by atomic mass is 35.5. The van der Waals surface area contributed by atoms with Crippen molar-refractivity contribution in [2.75, 3.05) is 12.0 Å². The van der Waals surface area contributed by atoms with E-state index in [-0.39, 0.29) is 38.4 Å². The van der Waals surface area contributed by atoms with Crippen LogP contribution in [0.15, 0.2) is 66.5 Å². The molecule has 3 aromatic rings. The number of Topliss-reactive ketones (excluding diaryl/α,β-unsaturated/α-hetero) is 1. The summed E-state index contributed by atoms with van der Waals surface area (Å²) in [6.45, 7) is 0. The number of aromatic hydroxyl groups is 1. The number of carbonyl (C=O) groups excluding carboxylic acids is 2. The molecule has 1 unspecified atom stereocenters. The van der Waals surface area contributed by atoms with Crippen molar-refractivity contribution in [3.05, 3.63) is 87.7 Å². The summed E-state index contributed by atoms with van der Waals surface area (Å²) in [4.78, 5) is 31.4. The van der Waals surface area contributed by atoms with Gasteiger partial charge in [-0.1, -0.05) is 35.3 Å². The maximum Gasteiger partial charge on any atom is 0.300 e. The van der Waals surface area contributed by atoms with Crippen molar-refractivity contribution < 1.29 is 24.5 Å². The van der Waals surface area contributed by atoms with Gasteiger partial charge in [-0.05, 0) is 42.0 Å². The molecule has 1 aliphatic rings. The lowest BCUT2D eigenvalue weighted by Crippen LogP contribution is -2.29. The number of ketones is 1. The average molecular weight is 471 g/mol. The summed E-state index contributed by atoms with van der Waals surface area (Å²) in [5.74, 6) is -2.47. The number of phenols is 1. The maximum absolute atomic E-state index is 13.2. The van der Waals surface area contributed by atoms with Crippen molar-refractivity contribution in [2.24, 2.45) is 0 Å². The van der Waals surface area contributed by atoms with Gasteiger partial charge in [-0.3, -0.25) is 19.5 Å². The van der Waals surface area contributed by atoms with Crippen LogP contribution in [0.4, 0.5) is 5.69 Å². The zero-order chi connectivity index (χ0) is 23.0. The van der Waals surface area contributed by atoms with Gasteiger partial charge in [-0.25, -0.2) is 0 Å². The number of aliphatic hydroxyl groups excluding tert-OH is 1. The second-order valence-corrected chi connectivity index (χ2v) is 7.75. The Morgan fingerprint density at radius 2 is 1.78 bits per heavy atom. The van der Waals surface area contributed by atoms with Gasteiger partial charge in [0, 0.05) is 17.4 Å². The number of hydrogen-bond donors (Lipinski definition) is 2. The molecule has 1 saturated heterocycles. The van der Waals surface area contributed by atoms with E-state index < -0.39 is 23.5 Å². The summed E-state index contributed by atoms with van der Waals surface area (Å²) in [5, 5.41) is 21.9. The smallest absolute Gasteiger partial charge is 0.300 e. The van der Waals surface area contributed by atoms with Crippen molar-refractivity contribution in [3.63, 3.8) is 0 Å². The predicted molar refractivity (Wildman–Crippen MR) is 120 cm³/mol. The Bertz CT molecular complexity index is 1260. The molecule has 32 heavy (non-hydrogen) atoms. The quantitative estimate of drug-likeness (QED) is 0.324. The lowest BCUT2D eigenvalue weighted by atomic mass is 9.95. The van der Waals surface area contributed by atoms with Crippen molar-refractivity contribution in [3.8, 4) is 11.5 Å². The second-order valence-electron chi connectivity index (χ2n) is 6.91. The van der Waals surface area contributed by atoms with Crippen molar-refractivity contribution >= 4 is 46.3 Å². The van der Waals surface area contributed by atoms with E-state index >= 15 is 0 Å². The highest BCUT2D eigenvalue weighted by Gasteiger charge is 2.48. The topological polar surface area (TPSA) is 100.0 Å². The Balaban J connectivity index is 2.02. The third kappa shape index (κ3) is 3.55. The molecule has 9 heteroatoms. The predicted octanol–water partition coefficient (Wildman–Crippen LogP) is 4.73. The minimum Gasteiger partial charge on any atom is -0.507 e. The van der Waals surface area contributed by atoms with Crippen LogP contribution in [0.3, 0.4) is 0 Å². The number of pyridine rings is 1. The van der Waals surface area contributed by atoms with Crippen LogP contribution in [0.2, 0.25) is 10.0 Å².